The number of para-hydroxylation sites is 1. The van der Waals surface area contributed by atoms with Crippen LogP contribution in [0.1, 0.15) is 49.7 Å². The van der Waals surface area contributed by atoms with E-state index < -0.39 is 11.5 Å². The molecule has 1 heterocycles. The fourth-order valence-corrected chi connectivity index (χ4v) is 2.77. The molecule has 2 aromatic rings. The normalized spacial score (nSPS) is 10.7. The first kappa shape index (κ1) is 20.4. The Labute approximate surface area is 158 Å². The number of anilines is 1. The van der Waals surface area contributed by atoms with Crippen molar-refractivity contribution in [1.29, 1.82) is 0 Å². The molecule has 1 N–H and O–H groups in total. The first-order valence-corrected chi connectivity index (χ1v) is 9.11. The van der Waals surface area contributed by atoms with Crippen LogP contribution in [0.15, 0.2) is 35.1 Å². The van der Waals surface area contributed by atoms with Gasteiger partial charge in [0.05, 0.1) is 18.0 Å². The fourth-order valence-electron chi connectivity index (χ4n) is 2.77. The number of nitrogens with zero attached hydrogens (tertiary/aromatic N) is 2. The van der Waals surface area contributed by atoms with Gasteiger partial charge in [-0.25, -0.2) is 4.79 Å². The molecule has 2 rings (SSSR count). The third-order valence-corrected chi connectivity index (χ3v) is 4.36. The number of rotatable bonds is 7. The molecule has 7 heteroatoms. The van der Waals surface area contributed by atoms with E-state index in [1.807, 2.05) is 32.9 Å². The van der Waals surface area contributed by atoms with Gasteiger partial charge < -0.3 is 10.1 Å². The van der Waals surface area contributed by atoms with Crippen LogP contribution in [0.2, 0.25) is 0 Å². The molecule has 0 saturated carbocycles. The van der Waals surface area contributed by atoms with Crippen LogP contribution in [-0.2, 0) is 9.53 Å². The molecule has 0 aliphatic rings. The van der Waals surface area contributed by atoms with Crippen molar-refractivity contribution in [2.45, 2.75) is 40.5 Å². The third kappa shape index (κ3) is 4.61. The van der Waals surface area contributed by atoms with Gasteiger partial charge in [-0.15, -0.1) is 0 Å². The van der Waals surface area contributed by atoms with Crippen molar-refractivity contribution in [3.8, 4) is 5.69 Å². The highest BCUT2D eigenvalue weighted by Gasteiger charge is 2.22. The maximum atomic E-state index is 12.6. The highest BCUT2D eigenvalue weighted by atomic mass is 16.5. The second-order valence-corrected chi connectivity index (χ2v) is 6.17. The summed E-state index contributed by atoms with van der Waals surface area (Å²) in [4.78, 5) is 37.4. The Morgan fingerprint density at radius 2 is 1.85 bits per heavy atom. The number of hydrogen-bond acceptors (Lipinski definition) is 5. The molecule has 0 unspecified atom stereocenters. The molecular formula is C20H25N3O4. The van der Waals surface area contributed by atoms with E-state index in [0.717, 1.165) is 10.2 Å². The molecule has 1 aromatic carbocycles. The summed E-state index contributed by atoms with van der Waals surface area (Å²) < 4.78 is 6.20. The van der Waals surface area contributed by atoms with Gasteiger partial charge in [-0.3, -0.25) is 9.59 Å². The molecule has 1 aromatic heterocycles. The van der Waals surface area contributed by atoms with Crippen molar-refractivity contribution in [1.82, 2.24) is 9.78 Å². The summed E-state index contributed by atoms with van der Waals surface area (Å²) >= 11 is 0. The molecule has 0 saturated heterocycles. The number of carbonyl (C=O) groups excluding carboxylic acids is 2. The summed E-state index contributed by atoms with van der Waals surface area (Å²) in [7, 11) is 0. The van der Waals surface area contributed by atoms with Crippen LogP contribution in [0.4, 0.5) is 5.69 Å². The van der Waals surface area contributed by atoms with Crippen LogP contribution < -0.4 is 10.9 Å². The number of amides is 1. The quantitative estimate of drug-likeness (QED) is 0.755. The zero-order valence-corrected chi connectivity index (χ0v) is 16.1. The number of benzene rings is 1. The second kappa shape index (κ2) is 9.12. The summed E-state index contributed by atoms with van der Waals surface area (Å²) in [5, 5.41) is 6.87. The van der Waals surface area contributed by atoms with E-state index >= 15 is 0 Å². The van der Waals surface area contributed by atoms with E-state index in [0.29, 0.717) is 18.5 Å². The minimum Gasteiger partial charge on any atom is -0.461 e. The van der Waals surface area contributed by atoms with Gasteiger partial charge in [0.15, 0.2) is 5.69 Å². The lowest BCUT2D eigenvalue weighted by Gasteiger charge is -2.16. The van der Waals surface area contributed by atoms with Gasteiger partial charge in [-0.05, 0) is 38.3 Å². The number of esters is 1. The molecule has 0 bridgehead atoms. The van der Waals surface area contributed by atoms with Crippen LogP contribution in [-0.4, -0.2) is 28.3 Å². The lowest BCUT2D eigenvalue weighted by molar-refractivity contribution is -0.120. The maximum Gasteiger partial charge on any atom is 0.360 e. The van der Waals surface area contributed by atoms with Crippen LogP contribution in [0.3, 0.4) is 0 Å². The van der Waals surface area contributed by atoms with Crippen LogP contribution in [0, 0.1) is 12.8 Å². The minimum atomic E-state index is -0.695. The number of nitrogens with one attached hydrogen (secondary N) is 1. The van der Waals surface area contributed by atoms with Crippen molar-refractivity contribution in [2.75, 3.05) is 11.9 Å². The monoisotopic (exact) mass is 371 g/mol. The van der Waals surface area contributed by atoms with E-state index in [2.05, 4.69) is 10.4 Å². The van der Waals surface area contributed by atoms with Gasteiger partial charge in [0, 0.05) is 12.0 Å². The van der Waals surface area contributed by atoms with Gasteiger partial charge in [0.25, 0.3) is 5.56 Å². The van der Waals surface area contributed by atoms with Crippen LogP contribution in [0.25, 0.3) is 5.69 Å². The summed E-state index contributed by atoms with van der Waals surface area (Å²) in [5.41, 5.74) is 0.915. The van der Waals surface area contributed by atoms with Crippen molar-refractivity contribution in [3.05, 3.63) is 51.9 Å². The number of aryl methyl sites for hydroxylation is 1. The van der Waals surface area contributed by atoms with Crippen molar-refractivity contribution in [3.63, 3.8) is 0 Å². The van der Waals surface area contributed by atoms with E-state index in [1.165, 1.54) is 6.07 Å². The molecule has 0 atom stereocenters. The summed E-state index contributed by atoms with van der Waals surface area (Å²) in [6.45, 7) is 7.50. The molecule has 0 aliphatic carbocycles. The Kier molecular flexibility index (Phi) is 6.87. The first-order chi connectivity index (χ1) is 12.9. The molecule has 0 spiro atoms. The van der Waals surface area contributed by atoms with Crippen molar-refractivity contribution in [2.24, 2.45) is 5.92 Å². The number of carbonyl (C=O) groups is 2. The average Bonchev–Trinajstić information content (AvgIpc) is 2.64. The standard InChI is InChI=1S/C20H25N3O4/c1-5-14(6-2)19(25)21-15-12-17(24)23(16-11-9-8-10-13(16)4)22-18(15)20(26)27-7-3/h8-12,14H,5-7H2,1-4H3,(H,21,25). The van der Waals surface area contributed by atoms with Gasteiger partial charge in [0.1, 0.15) is 0 Å². The molecular weight excluding hydrogens is 346 g/mol. The first-order valence-electron chi connectivity index (χ1n) is 9.11. The van der Waals surface area contributed by atoms with Gasteiger partial charge in [-0.1, -0.05) is 32.0 Å². The highest BCUT2D eigenvalue weighted by molar-refractivity contribution is 6.00. The van der Waals surface area contributed by atoms with Crippen molar-refractivity contribution >= 4 is 17.6 Å². The molecule has 0 fully saturated rings. The molecule has 1 amide bonds. The highest BCUT2D eigenvalue weighted by Crippen LogP contribution is 2.18. The number of hydrogen-bond donors (Lipinski definition) is 1. The SMILES string of the molecule is CCOC(=O)c1nn(-c2ccccc2C)c(=O)cc1NC(=O)C(CC)CC. The molecule has 7 nitrogen and oxygen atoms in total. The smallest absolute Gasteiger partial charge is 0.360 e. The fraction of sp³-hybridized carbons (Fsp3) is 0.400. The Balaban J connectivity index is 2.56. The lowest BCUT2D eigenvalue weighted by atomic mass is 10.0. The van der Waals surface area contributed by atoms with Gasteiger partial charge >= 0.3 is 5.97 Å². The maximum absolute atomic E-state index is 12.6. The largest absolute Gasteiger partial charge is 0.461 e. The predicted molar refractivity (Wildman–Crippen MR) is 103 cm³/mol. The zero-order valence-electron chi connectivity index (χ0n) is 16.1. The minimum absolute atomic E-state index is 0.0696. The van der Waals surface area contributed by atoms with E-state index in [1.54, 1.807) is 19.1 Å². The summed E-state index contributed by atoms with van der Waals surface area (Å²) in [6.07, 6.45) is 1.32. The molecule has 27 heavy (non-hydrogen) atoms. The zero-order chi connectivity index (χ0) is 20.0. The predicted octanol–water partition coefficient (Wildman–Crippen LogP) is 3.09. The van der Waals surface area contributed by atoms with Gasteiger partial charge in [0.2, 0.25) is 5.91 Å². The number of aromatic nitrogens is 2. The van der Waals surface area contributed by atoms with E-state index in [9.17, 15) is 14.4 Å². The number of ether oxygens (including phenoxy) is 1. The third-order valence-electron chi connectivity index (χ3n) is 4.36. The lowest BCUT2D eigenvalue weighted by Crippen LogP contribution is -2.29. The molecule has 144 valence electrons. The van der Waals surface area contributed by atoms with Gasteiger partial charge in [-0.2, -0.15) is 9.78 Å². The van der Waals surface area contributed by atoms with Crippen LogP contribution in [0.5, 0.6) is 0 Å². The van der Waals surface area contributed by atoms with E-state index in [-0.39, 0.29) is 29.8 Å². The van der Waals surface area contributed by atoms with E-state index in [4.69, 9.17) is 4.74 Å². The Bertz CT molecular complexity index is 885. The topological polar surface area (TPSA) is 90.3 Å². The summed E-state index contributed by atoms with van der Waals surface area (Å²) in [5.74, 6) is -1.15. The Morgan fingerprint density at radius 3 is 2.44 bits per heavy atom. The molecule has 0 aliphatic heterocycles. The average molecular weight is 371 g/mol. The van der Waals surface area contributed by atoms with Crippen LogP contribution >= 0.6 is 0 Å². The van der Waals surface area contributed by atoms with Crippen molar-refractivity contribution < 1.29 is 14.3 Å². The Hall–Kier alpha value is -2.96. The molecule has 0 radical (unpaired) electrons. The Morgan fingerprint density at radius 1 is 1.19 bits per heavy atom. The summed E-state index contributed by atoms with van der Waals surface area (Å²) in [6, 6.07) is 8.42. The second-order valence-electron chi connectivity index (χ2n) is 6.17.